The summed E-state index contributed by atoms with van der Waals surface area (Å²) in [4.78, 5) is 1.72. The van der Waals surface area contributed by atoms with Gasteiger partial charge in [-0.25, -0.2) is 0 Å². The van der Waals surface area contributed by atoms with Crippen LogP contribution in [0.15, 0.2) is 24.3 Å². The lowest BCUT2D eigenvalue weighted by Crippen LogP contribution is -2.43. The van der Waals surface area contributed by atoms with Crippen LogP contribution in [-0.2, 0) is 0 Å². The van der Waals surface area contributed by atoms with E-state index in [1.807, 2.05) is 31.2 Å². The zero-order chi connectivity index (χ0) is 14.8. The Morgan fingerprint density at radius 1 is 1.35 bits per heavy atom. The summed E-state index contributed by atoms with van der Waals surface area (Å²) in [5.74, 6) is -1.26. The summed E-state index contributed by atoms with van der Waals surface area (Å²) in [6.07, 6.45) is -4.14. The van der Waals surface area contributed by atoms with Crippen molar-refractivity contribution in [3.63, 3.8) is 0 Å². The van der Waals surface area contributed by atoms with E-state index in [1.54, 1.807) is 4.90 Å². The van der Waals surface area contributed by atoms with Crippen LogP contribution in [-0.4, -0.2) is 35.8 Å². The van der Waals surface area contributed by atoms with Gasteiger partial charge in [-0.05, 0) is 37.4 Å². The molecule has 0 aromatic heterocycles. The van der Waals surface area contributed by atoms with E-state index in [9.17, 15) is 18.3 Å². The fourth-order valence-electron chi connectivity index (χ4n) is 2.79. The van der Waals surface area contributed by atoms with Crippen molar-refractivity contribution in [1.29, 1.82) is 0 Å². The number of halogens is 3. The van der Waals surface area contributed by atoms with Crippen molar-refractivity contribution in [3.8, 4) is 0 Å². The molecular formula is C15H20F3NO. The Balaban J connectivity index is 1.98. The van der Waals surface area contributed by atoms with Crippen molar-refractivity contribution in [2.45, 2.75) is 32.0 Å². The molecular weight excluding hydrogens is 267 g/mol. The van der Waals surface area contributed by atoms with Gasteiger partial charge in [-0.2, -0.15) is 13.2 Å². The SMILES string of the molecule is Cc1ccccc1C(O)CN1CCCC(C(F)(F)F)C1. The molecule has 1 aromatic rings. The van der Waals surface area contributed by atoms with E-state index in [0.29, 0.717) is 13.0 Å². The number of β-amino-alcohol motifs (C(OH)–C–C–N with tert-alkyl or cyclic N) is 1. The van der Waals surface area contributed by atoms with Crippen LogP contribution in [0.3, 0.4) is 0 Å². The number of hydrogen-bond donors (Lipinski definition) is 1. The van der Waals surface area contributed by atoms with E-state index < -0.39 is 18.2 Å². The first-order chi connectivity index (χ1) is 9.38. The highest BCUT2D eigenvalue weighted by Crippen LogP contribution is 2.33. The molecule has 2 atom stereocenters. The Kier molecular flexibility index (Phi) is 4.70. The molecule has 2 rings (SSSR count). The summed E-state index contributed by atoms with van der Waals surface area (Å²) in [5, 5.41) is 10.2. The van der Waals surface area contributed by atoms with Gasteiger partial charge in [-0.3, -0.25) is 4.90 Å². The molecule has 20 heavy (non-hydrogen) atoms. The topological polar surface area (TPSA) is 23.5 Å². The van der Waals surface area contributed by atoms with E-state index in [4.69, 9.17) is 0 Å². The van der Waals surface area contributed by atoms with Gasteiger partial charge in [-0.15, -0.1) is 0 Å². The number of hydrogen-bond acceptors (Lipinski definition) is 2. The van der Waals surface area contributed by atoms with Gasteiger partial charge in [0.1, 0.15) is 0 Å². The number of benzene rings is 1. The number of aliphatic hydroxyl groups excluding tert-OH is 1. The van der Waals surface area contributed by atoms with Crippen LogP contribution in [0.1, 0.15) is 30.1 Å². The molecule has 1 saturated heterocycles. The number of nitrogens with zero attached hydrogens (tertiary/aromatic N) is 1. The minimum absolute atomic E-state index is 0.00750. The lowest BCUT2D eigenvalue weighted by Gasteiger charge is -2.35. The number of rotatable bonds is 3. The molecule has 2 nitrogen and oxygen atoms in total. The average Bonchev–Trinajstić information content (AvgIpc) is 2.38. The molecule has 0 spiro atoms. The molecule has 1 heterocycles. The molecule has 1 aromatic carbocycles. The zero-order valence-corrected chi connectivity index (χ0v) is 11.5. The summed E-state index contributed by atoms with van der Waals surface area (Å²) < 4.78 is 38.2. The monoisotopic (exact) mass is 287 g/mol. The first kappa shape index (κ1) is 15.3. The number of aryl methyl sites for hydroxylation is 1. The van der Waals surface area contributed by atoms with Gasteiger partial charge < -0.3 is 5.11 Å². The lowest BCUT2D eigenvalue weighted by atomic mass is 9.96. The van der Waals surface area contributed by atoms with Crippen molar-refractivity contribution in [1.82, 2.24) is 4.90 Å². The average molecular weight is 287 g/mol. The molecule has 2 unspecified atom stereocenters. The molecule has 0 radical (unpaired) electrons. The van der Waals surface area contributed by atoms with E-state index in [-0.39, 0.29) is 19.5 Å². The van der Waals surface area contributed by atoms with Crippen LogP contribution in [0.4, 0.5) is 13.2 Å². The third kappa shape index (κ3) is 3.73. The number of piperidine rings is 1. The Morgan fingerprint density at radius 2 is 2.05 bits per heavy atom. The second kappa shape index (κ2) is 6.14. The van der Waals surface area contributed by atoms with Crippen LogP contribution < -0.4 is 0 Å². The smallest absolute Gasteiger partial charge is 0.387 e. The van der Waals surface area contributed by atoms with Crippen LogP contribution >= 0.6 is 0 Å². The first-order valence-electron chi connectivity index (χ1n) is 6.90. The van der Waals surface area contributed by atoms with Gasteiger partial charge in [0.05, 0.1) is 12.0 Å². The predicted molar refractivity (Wildman–Crippen MR) is 71.4 cm³/mol. The van der Waals surface area contributed by atoms with E-state index in [0.717, 1.165) is 11.1 Å². The molecule has 1 N–H and O–H groups in total. The minimum atomic E-state index is -4.13. The Morgan fingerprint density at radius 3 is 2.70 bits per heavy atom. The van der Waals surface area contributed by atoms with Crippen LogP contribution in [0.5, 0.6) is 0 Å². The molecule has 0 bridgehead atoms. The molecule has 1 aliphatic rings. The number of aliphatic hydroxyl groups is 1. The third-order valence-electron chi connectivity index (χ3n) is 3.95. The number of alkyl halides is 3. The van der Waals surface area contributed by atoms with E-state index >= 15 is 0 Å². The van der Waals surface area contributed by atoms with Crippen molar-refractivity contribution in [2.24, 2.45) is 5.92 Å². The molecule has 0 amide bonds. The lowest BCUT2D eigenvalue weighted by molar-refractivity contribution is -0.187. The van der Waals surface area contributed by atoms with E-state index in [1.165, 1.54) is 0 Å². The summed E-state index contributed by atoms with van der Waals surface area (Å²) >= 11 is 0. The Hall–Kier alpha value is -1.07. The minimum Gasteiger partial charge on any atom is -0.387 e. The largest absolute Gasteiger partial charge is 0.393 e. The fraction of sp³-hybridized carbons (Fsp3) is 0.600. The summed E-state index contributed by atoms with van der Waals surface area (Å²) in [7, 11) is 0. The Bertz CT molecular complexity index is 447. The van der Waals surface area contributed by atoms with Gasteiger partial charge in [-0.1, -0.05) is 24.3 Å². The summed E-state index contributed by atoms with van der Waals surface area (Å²) in [5.41, 5.74) is 1.76. The molecule has 112 valence electrons. The van der Waals surface area contributed by atoms with Gasteiger partial charge in [0.25, 0.3) is 0 Å². The van der Waals surface area contributed by atoms with Crippen molar-refractivity contribution in [3.05, 3.63) is 35.4 Å². The molecule has 5 heteroatoms. The van der Waals surface area contributed by atoms with Crippen molar-refractivity contribution >= 4 is 0 Å². The fourth-order valence-corrected chi connectivity index (χ4v) is 2.79. The maximum atomic E-state index is 12.7. The zero-order valence-electron chi connectivity index (χ0n) is 11.5. The normalized spacial score (nSPS) is 22.8. The van der Waals surface area contributed by atoms with E-state index in [2.05, 4.69) is 0 Å². The van der Waals surface area contributed by atoms with Gasteiger partial charge in [0, 0.05) is 13.1 Å². The molecule has 0 aliphatic carbocycles. The second-order valence-electron chi connectivity index (χ2n) is 5.51. The number of likely N-dealkylation sites (tertiary alicyclic amines) is 1. The van der Waals surface area contributed by atoms with Crippen LogP contribution in [0, 0.1) is 12.8 Å². The summed E-state index contributed by atoms with van der Waals surface area (Å²) in [6.45, 7) is 2.77. The van der Waals surface area contributed by atoms with Gasteiger partial charge in [0.15, 0.2) is 0 Å². The highest BCUT2D eigenvalue weighted by molar-refractivity contribution is 5.27. The maximum absolute atomic E-state index is 12.7. The van der Waals surface area contributed by atoms with Crippen LogP contribution in [0.2, 0.25) is 0 Å². The highest BCUT2D eigenvalue weighted by atomic mass is 19.4. The predicted octanol–water partition coefficient (Wildman–Crippen LogP) is 3.30. The van der Waals surface area contributed by atoms with Gasteiger partial charge >= 0.3 is 6.18 Å². The maximum Gasteiger partial charge on any atom is 0.393 e. The quantitative estimate of drug-likeness (QED) is 0.922. The molecule has 1 fully saturated rings. The highest BCUT2D eigenvalue weighted by Gasteiger charge is 2.41. The second-order valence-corrected chi connectivity index (χ2v) is 5.51. The first-order valence-corrected chi connectivity index (χ1v) is 6.90. The van der Waals surface area contributed by atoms with Crippen LogP contribution in [0.25, 0.3) is 0 Å². The molecule has 1 aliphatic heterocycles. The standard InChI is InChI=1S/C15H20F3NO/c1-11-5-2-3-7-13(11)14(20)10-19-8-4-6-12(9-19)15(16,17)18/h2-3,5,7,12,14,20H,4,6,8-10H2,1H3. The van der Waals surface area contributed by atoms with Crippen molar-refractivity contribution in [2.75, 3.05) is 19.6 Å². The van der Waals surface area contributed by atoms with Crippen molar-refractivity contribution < 1.29 is 18.3 Å². The van der Waals surface area contributed by atoms with Gasteiger partial charge in [0.2, 0.25) is 0 Å². The third-order valence-corrected chi connectivity index (χ3v) is 3.95. The Labute approximate surface area is 117 Å². The summed E-state index contributed by atoms with van der Waals surface area (Å²) in [6, 6.07) is 7.44. The molecule has 0 saturated carbocycles.